The van der Waals surface area contributed by atoms with Crippen molar-refractivity contribution in [2.24, 2.45) is 10.7 Å². The van der Waals surface area contributed by atoms with Crippen LogP contribution in [0, 0.1) is 6.57 Å². The Morgan fingerprint density at radius 3 is 2.75 bits per heavy atom. The van der Waals surface area contributed by atoms with Crippen molar-refractivity contribution < 1.29 is 9.90 Å². The van der Waals surface area contributed by atoms with E-state index in [1.807, 2.05) is 0 Å². The molecule has 0 aliphatic heterocycles. The molecule has 0 saturated heterocycles. The second kappa shape index (κ2) is 4.64. The number of aromatic hydroxyl groups is 1. The van der Waals surface area contributed by atoms with Crippen LogP contribution in [0.25, 0.3) is 4.85 Å². The maximum Gasteiger partial charge on any atom is 0.282 e. The maximum absolute atomic E-state index is 11.6. The van der Waals surface area contributed by atoms with Gasteiger partial charge < -0.3 is 10.8 Å². The van der Waals surface area contributed by atoms with Gasteiger partial charge in [0.1, 0.15) is 11.6 Å². The molecule has 0 aromatic heterocycles. The topological polar surface area (TPSA) is 80.0 Å². The number of nitrogens with two attached hydrogens (primary N) is 1. The van der Waals surface area contributed by atoms with Gasteiger partial charge >= 0.3 is 0 Å². The first-order valence-electron chi connectivity index (χ1n) is 4.21. The predicted molar refractivity (Wildman–Crippen MR) is 61.0 cm³/mol. The van der Waals surface area contributed by atoms with Crippen molar-refractivity contribution in [3.8, 4) is 5.75 Å². The molecular weight excluding hydrogens is 230 g/mol. The smallest absolute Gasteiger partial charge is 0.282 e. The lowest BCUT2D eigenvalue weighted by molar-refractivity contribution is 0.100. The molecule has 1 aromatic carbocycles. The third kappa shape index (κ3) is 2.30. The Morgan fingerprint density at radius 1 is 1.62 bits per heavy atom. The molecule has 0 saturated carbocycles. The monoisotopic (exact) mass is 237 g/mol. The average molecular weight is 238 g/mol. The first kappa shape index (κ1) is 12.0. The fourth-order valence-electron chi connectivity index (χ4n) is 1.06. The van der Waals surface area contributed by atoms with Crippen molar-refractivity contribution in [2.45, 2.75) is 6.92 Å². The van der Waals surface area contributed by atoms with Gasteiger partial charge in [-0.3, -0.25) is 4.79 Å². The number of halogens is 1. The molecule has 0 fully saturated rings. The fourth-order valence-corrected chi connectivity index (χ4v) is 1.34. The number of nitrogens with zero attached hydrogens (tertiary/aromatic N) is 2. The van der Waals surface area contributed by atoms with E-state index in [0.29, 0.717) is 0 Å². The molecule has 0 unspecified atom stereocenters. The molecule has 1 amide bonds. The molecule has 3 N–H and O–H groups in total. The zero-order chi connectivity index (χ0) is 12.3. The van der Waals surface area contributed by atoms with E-state index < -0.39 is 5.91 Å². The van der Waals surface area contributed by atoms with Gasteiger partial charge in [-0.05, 0) is 13.0 Å². The summed E-state index contributed by atoms with van der Waals surface area (Å²) >= 11 is 5.79. The summed E-state index contributed by atoms with van der Waals surface area (Å²) in [7, 11) is 0. The molecule has 0 radical (unpaired) electrons. The van der Waals surface area contributed by atoms with E-state index >= 15 is 0 Å². The van der Waals surface area contributed by atoms with Crippen LogP contribution in [0.15, 0.2) is 17.1 Å². The van der Waals surface area contributed by atoms with Gasteiger partial charge in [0.15, 0.2) is 0 Å². The Hall–Kier alpha value is -2.06. The molecule has 1 rings (SSSR count). The van der Waals surface area contributed by atoms with Crippen LogP contribution < -0.4 is 5.73 Å². The fraction of sp³-hybridized carbons (Fsp3) is 0.100. The van der Waals surface area contributed by atoms with Gasteiger partial charge in [0, 0.05) is 0 Å². The van der Waals surface area contributed by atoms with E-state index in [4.69, 9.17) is 23.9 Å². The summed E-state index contributed by atoms with van der Waals surface area (Å²) in [6.07, 6.45) is 0. The quantitative estimate of drug-likeness (QED) is 0.446. The number of hydrogen-bond donors (Lipinski definition) is 2. The predicted octanol–water partition coefficient (Wildman–Crippen LogP) is 2.11. The van der Waals surface area contributed by atoms with Crippen LogP contribution >= 0.6 is 11.6 Å². The number of carbonyl (C=O) groups is 1. The molecule has 0 heterocycles. The van der Waals surface area contributed by atoms with Crippen LogP contribution in [-0.2, 0) is 0 Å². The molecule has 0 bridgehead atoms. The Bertz CT molecular complexity index is 514. The summed E-state index contributed by atoms with van der Waals surface area (Å²) in [4.78, 5) is 18.1. The standard InChI is InChI=1S/C10H8ClN3O2/c1-5(12)14-10(16)8-7(15)4-3-6(13-2)9(8)11/h3-4,15H,1H3,(H2,12,14,16). The highest BCUT2D eigenvalue weighted by atomic mass is 35.5. The first-order chi connectivity index (χ1) is 7.47. The van der Waals surface area contributed by atoms with Crippen molar-refractivity contribution in [3.63, 3.8) is 0 Å². The molecular formula is C10H8ClN3O2. The molecule has 6 heteroatoms. The van der Waals surface area contributed by atoms with Crippen molar-refractivity contribution in [3.05, 3.63) is 34.1 Å². The van der Waals surface area contributed by atoms with E-state index in [2.05, 4.69) is 9.84 Å². The molecule has 5 nitrogen and oxygen atoms in total. The first-order valence-corrected chi connectivity index (χ1v) is 4.59. The number of hydrogen-bond acceptors (Lipinski definition) is 2. The van der Waals surface area contributed by atoms with Gasteiger partial charge in [0.2, 0.25) is 5.69 Å². The second-order valence-corrected chi connectivity index (χ2v) is 3.34. The molecule has 0 aliphatic carbocycles. The Morgan fingerprint density at radius 2 is 2.25 bits per heavy atom. The molecule has 1 aromatic rings. The average Bonchev–Trinajstić information content (AvgIpc) is 2.16. The van der Waals surface area contributed by atoms with Gasteiger partial charge in [-0.25, -0.2) is 4.85 Å². The molecule has 0 atom stereocenters. The third-order valence-electron chi connectivity index (χ3n) is 1.71. The van der Waals surface area contributed by atoms with Gasteiger partial charge in [-0.1, -0.05) is 17.7 Å². The Kier molecular flexibility index (Phi) is 3.48. The Balaban J connectivity index is 3.39. The van der Waals surface area contributed by atoms with Gasteiger partial charge in [0.25, 0.3) is 5.91 Å². The summed E-state index contributed by atoms with van der Waals surface area (Å²) in [5.74, 6) is -1.05. The summed E-state index contributed by atoms with van der Waals surface area (Å²) in [6.45, 7) is 8.25. The summed E-state index contributed by atoms with van der Waals surface area (Å²) in [6, 6.07) is 2.54. The second-order valence-electron chi connectivity index (χ2n) is 2.96. The van der Waals surface area contributed by atoms with Crippen LogP contribution in [0.3, 0.4) is 0 Å². The van der Waals surface area contributed by atoms with Crippen molar-refractivity contribution in [2.75, 3.05) is 0 Å². The summed E-state index contributed by atoms with van der Waals surface area (Å²) in [5.41, 5.74) is 5.11. The minimum atomic E-state index is -0.770. The highest BCUT2D eigenvalue weighted by molar-refractivity contribution is 6.37. The Labute approximate surface area is 97.0 Å². The summed E-state index contributed by atoms with van der Waals surface area (Å²) in [5, 5.41) is 9.36. The van der Waals surface area contributed by atoms with Crippen molar-refractivity contribution >= 4 is 29.0 Å². The molecule has 0 spiro atoms. The van der Waals surface area contributed by atoms with Crippen molar-refractivity contribution in [1.29, 1.82) is 0 Å². The molecule has 0 aliphatic rings. The molecule has 82 valence electrons. The minimum Gasteiger partial charge on any atom is -0.507 e. The van der Waals surface area contributed by atoms with E-state index in [-0.39, 0.29) is 27.9 Å². The van der Waals surface area contributed by atoms with Crippen molar-refractivity contribution in [1.82, 2.24) is 0 Å². The SMILES string of the molecule is [C-]#[N+]c1ccc(O)c(C(=O)N=C(C)N)c1Cl. The lowest BCUT2D eigenvalue weighted by atomic mass is 10.1. The van der Waals surface area contributed by atoms with Crippen LogP contribution in [-0.4, -0.2) is 16.8 Å². The van der Waals surface area contributed by atoms with Crippen LogP contribution in [0.2, 0.25) is 5.02 Å². The number of phenolic OH excluding ortho intramolecular Hbond substituents is 1. The number of amidine groups is 1. The number of phenols is 1. The number of amides is 1. The highest BCUT2D eigenvalue weighted by Gasteiger charge is 2.17. The van der Waals surface area contributed by atoms with Gasteiger partial charge in [0.05, 0.1) is 17.2 Å². The number of carbonyl (C=O) groups excluding carboxylic acids is 1. The zero-order valence-corrected chi connectivity index (χ0v) is 9.12. The maximum atomic E-state index is 11.6. The van der Waals surface area contributed by atoms with E-state index in [1.54, 1.807) is 0 Å². The van der Waals surface area contributed by atoms with Gasteiger partial charge in [-0.2, -0.15) is 4.99 Å². The lowest BCUT2D eigenvalue weighted by Crippen LogP contribution is -2.09. The normalized spacial score (nSPS) is 10.9. The largest absolute Gasteiger partial charge is 0.507 e. The van der Waals surface area contributed by atoms with Gasteiger partial charge in [-0.15, -0.1) is 0 Å². The van der Waals surface area contributed by atoms with Crippen LogP contribution in [0.4, 0.5) is 5.69 Å². The molecule has 16 heavy (non-hydrogen) atoms. The highest BCUT2D eigenvalue weighted by Crippen LogP contribution is 2.34. The number of rotatable bonds is 1. The summed E-state index contributed by atoms with van der Waals surface area (Å²) < 4.78 is 0. The number of benzene rings is 1. The van der Waals surface area contributed by atoms with Crippen LogP contribution in [0.1, 0.15) is 17.3 Å². The van der Waals surface area contributed by atoms with E-state index in [1.165, 1.54) is 19.1 Å². The number of aliphatic imine (C=N–C) groups is 1. The van der Waals surface area contributed by atoms with E-state index in [0.717, 1.165) is 0 Å². The van der Waals surface area contributed by atoms with E-state index in [9.17, 15) is 9.90 Å². The minimum absolute atomic E-state index is 0.0497. The lowest BCUT2D eigenvalue weighted by Gasteiger charge is -2.04. The zero-order valence-electron chi connectivity index (χ0n) is 8.36. The third-order valence-corrected chi connectivity index (χ3v) is 2.09. The van der Waals surface area contributed by atoms with Crippen LogP contribution in [0.5, 0.6) is 5.75 Å².